The molecule has 0 saturated carbocycles. The van der Waals surface area contributed by atoms with Crippen molar-refractivity contribution < 1.29 is 13.2 Å². The van der Waals surface area contributed by atoms with Gasteiger partial charge in [-0.3, -0.25) is 4.57 Å². The molecule has 4 aromatic rings. The highest BCUT2D eigenvalue weighted by molar-refractivity contribution is 7.89. The number of nitrogens with zero attached hydrogens (tertiary/aromatic N) is 2. The van der Waals surface area contributed by atoms with Crippen molar-refractivity contribution in [1.82, 2.24) is 14.3 Å². The van der Waals surface area contributed by atoms with Crippen molar-refractivity contribution in [2.45, 2.75) is 39.3 Å². The molecule has 35 heavy (non-hydrogen) atoms. The number of hydrogen-bond donors (Lipinski definition) is 1. The Balaban J connectivity index is 1.54. The van der Waals surface area contributed by atoms with E-state index in [1.54, 1.807) is 6.20 Å². The lowest BCUT2D eigenvalue weighted by Gasteiger charge is -2.21. The van der Waals surface area contributed by atoms with Crippen LogP contribution in [0, 0.1) is 6.92 Å². The van der Waals surface area contributed by atoms with Crippen molar-refractivity contribution >= 4 is 10.0 Å². The Kier molecular flexibility index (Phi) is 7.68. The fourth-order valence-corrected chi connectivity index (χ4v) is 5.76. The van der Waals surface area contributed by atoms with Crippen LogP contribution in [0.3, 0.4) is 0 Å². The Hall–Kier alpha value is -3.42. The van der Waals surface area contributed by atoms with Crippen LogP contribution >= 0.6 is 0 Å². The van der Waals surface area contributed by atoms with Gasteiger partial charge in [-0.25, -0.2) is 18.1 Å². The van der Waals surface area contributed by atoms with Crippen molar-refractivity contribution in [1.29, 1.82) is 0 Å². The molecule has 0 fully saturated rings. The van der Waals surface area contributed by atoms with E-state index in [4.69, 9.17) is 4.74 Å². The van der Waals surface area contributed by atoms with Gasteiger partial charge in [-0.1, -0.05) is 78.4 Å². The fraction of sp³-hybridized carbons (Fsp3) is 0.250. The third-order valence-electron chi connectivity index (χ3n) is 5.99. The predicted octanol–water partition coefficient (Wildman–Crippen LogP) is 5.82. The molecular formula is C28H31N3O3S. The molecule has 1 unspecified atom stereocenters. The van der Waals surface area contributed by atoms with Gasteiger partial charge in [-0.05, 0) is 44.0 Å². The minimum absolute atomic E-state index is 0.0572. The first kappa shape index (κ1) is 24.7. The number of imidazole rings is 1. The number of nitrogens with one attached hydrogen (secondary N) is 1. The van der Waals surface area contributed by atoms with E-state index in [1.165, 1.54) is 0 Å². The maximum atomic E-state index is 13.3. The van der Waals surface area contributed by atoms with Crippen LogP contribution < -0.4 is 9.46 Å². The van der Waals surface area contributed by atoms with Crippen LogP contribution in [-0.4, -0.2) is 23.7 Å². The lowest BCUT2D eigenvalue weighted by Crippen LogP contribution is -2.32. The molecule has 3 aromatic carbocycles. The van der Waals surface area contributed by atoms with E-state index in [9.17, 15) is 8.42 Å². The second-order valence-corrected chi connectivity index (χ2v) is 10.4. The van der Waals surface area contributed by atoms with Gasteiger partial charge in [-0.15, -0.1) is 0 Å². The van der Waals surface area contributed by atoms with Gasteiger partial charge in [-0.2, -0.15) is 0 Å². The standard InChI is InChI=1S/C28H31N3O3S/c1-4-31-27(19-29-28(31)34-25-17-15-21(2)16-18-25)22(3)30-35(32,33)20-26(23-11-7-5-8-12-23)24-13-9-6-10-14-24/h5-19,22,26,30H,4,20H2,1-3H3. The summed E-state index contributed by atoms with van der Waals surface area (Å²) < 4.78 is 37.4. The summed E-state index contributed by atoms with van der Waals surface area (Å²) in [5, 5.41) is 0. The van der Waals surface area contributed by atoms with E-state index >= 15 is 0 Å². The summed E-state index contributed by atoms with van der Waals surface area (Å²) in [6.45, 7) is 6.42. The number of rotatable bonds is 10. The summed E-state index contributed by atoms with van der Waals surface area (Å²) in [6.07, 6.45) is 1.67. The molecule has 6 nitrogen and oxygen atoms in total. The van der Waals surface area contributed by atoms with Gasteiger partial charge < -0.3 is 4.74 Å². The van der Waals surface area contributed by atoms with E-state index in [2.05, 4.69) is 9.71 Å². The smallest absolute Gasteiger partial charge is 0.302 e. The maximum absolute atomic E-state index is 13.3. The van der Waals surface area contributed by atoms with Crippen molar-refractivity contribution in [3.8, 4) is 11.8 Å². The van der Waals surface area contributed by atoms with Crippen LogP contribution in [0.2, 0.25) is 0 Å². The van der Waals surface area contributed by atoms with Crippen LogP contribution in [0.25, 0.3) is 0 Å². The third-order valence-corrected chi connectivity index (χ3v) is 7.47. The van der Waals surface area contributed by atoms with Crippen molar-refractivity contribution in [2.24, 2.45) is 0 Å². The van der Waals surface area contributed by atoms with Gasteiger partial charge >= 0.3 is 6.01 Å². The second kappa shape index (κ2) is 10.9. The Bertz CT molecular complexity index is 1300. The zero-order chi connectivity index (χ0) is 24.8. The quantitative estimate of drug-likeness (QED) is 0.305. The molecule has 0 aliphatic carbocycles. The molecule has 0 amide bonds. The monoisotopic (exact) mass is 489 g/mol. The second-order valence-electron chi connectivity index (χ2n) is 8.62. The first-order chi connectivity index (χ1) is 16.9. The number of aryl methyl sites for hydroxylation is 1. The minimum Gasteiger partial charge on any atom is -0.426 e. The van der Waals surface area contributed by atoms with Crippen molar-refractivity contribution in [3.63, 3.8) is 0 Å². The Morgan fingerprint density at radius 2 is 1.49 bits per heavy atom. The first-order valence-corrected chi connectivity index (χ1v) is 13.4. The molecule has 0 radical (unpaired) electrons. The molecule has 0 aliphatic heterocycles. The number of aromatic nitrogens is 2. The van der Waals surface area contributed by atoms with E-state index in [1.807, 2.05) is 110 Å². The summed E-state index contributed by atoms with van der Waals surface area (Å²) in [5.74, 6) is 0.348. The molecule has 182 valence electrons. The highest BCUT2D eigenvalue weighted by Crippen LogP contribution is 2.28. The molecule has 1 heterocycles. The largest absolute Gasteiger partial charge is 0.426 e. The summed E-state index contributed by atoms with van der Waals surface area (Å²) in [7, 11) is -3.64. The highest BCUT2D eigenvalue weighted by atomic mass is 32.2. The Labute approximate surface area is 207 Å². The summed E-state index contributed by atoms with van der Waals surface area (Å²) in [4.78, 5) is 4.42. The van der Waals surface area contributed by atoms with Gasteiger partial charge in [0.15, 0.2) is 0 Å². The zero-order valence-corrected chi connectivity index (χ0v) is 21.1. The van der Waals surface area contributed by atoms with Crippen molar-refractivity contribution in [2.75, 3.05) is 5.75 Å². The molecule has 0 saturated heterocycles. The molecule has 4 rings (SSSR count). The van der Waals surface area contributed by atoms with Crippen LogP contribution in [0.4, 0.5) is 0 Å². The lowest BCUT2D eigenvalue weighted by atomic mass is 9.93. The topological polar surface area (TPSA) is 73.2 Å². The third kappa shape index (κ3) is 6.18. The maximum Gasteiger partial charge on any atom is 0.302 e. The van der Waals surface area contributed by atoms with E-state index in [0.717, 1.165) is 22.4 Å². The van der Waals surface area contributed by atoms with Crippen LogP contribution in [0.15, 0.2) is 91.1 Å². The normalized spacial score (nSPS) is 12.6. The van der Waals surface area contributed by atoms with Gasteiger partial charge in [0, 0.05) is 12.5 Å². The van der Waals surface area contributed by atoms with Crippen LogP contribution in [-0.2, 0) is 16.6 Å². The summed E-state index contributed by atoms with van der Waals surface area (Å²) in [6, 6.07) is 27.2. The van der Waals surface area contributed by atoms with Gasteiger partial charge in [0.2, 0.25) is 10.0 Å². The Morgan fingerprint density at radius 1 is 0.914 bits per heavy atom. The minimum atomic E-state index is -3.64. The molecule has 1 aromatic heterocycles. The fourth-order valence-electron chi connectivity index (χ4n) is 4.18. The average Bonchev–Trinajstić information content (AvgIpc) is 3.27. The number of sulfonamides is 1. The zero-order valence-electron chi connectivity index (χ0n) is 20.3. The van der Waals surface area contributed by atoms with Crippen LogP contribution in [0.5, 0.6) is 11.8 Å². The molecule has 1 atom stereocenters. The predicted molar refractivity (Wildman–Crippen MR) is 139 cm³/mol. The average molecular weight is 490 g/mol. The highest BCUT2D eigenvalue weighted by Gasteiger charge is 2.26. The molecule has 0 bridgehead atoms. The molecule has 1 N–H and O–H groups in total. The Morgan fingerprint density at radius 3 is 2.03 bits per heavy atom. The molecular weight excluding hydrogens is 458 g/mol. The van der Waals surface area contributed by atoms with Gasteiger partial charge in [0.25, 0.3) is 0 Å². The summed E-state index contributed by atoms with van der Waals surface area (Å²) in [5.41, 5.74) is 3.81. The molecule has 0 spiro atoms. The van der Waals surface area contributed by atoms with E-state index < -0.39 is 16.1 Å². The van der Waals surface area contributed by atoms with Crippen molar-refractivity contribution in [3.05, 3.63) is 114 Å². The SMILES string of the molecule is CCn1c(C(C)NS(=O)(=O)CC(c2ccccc2)c2ccccc2)cnc1Oc1ccc(C)cc1. The van der Waals surface area contributed by atoms with Gasteiger partial charge in [0.1, 0.15) is 5.75 Å². The lowest BCUT2D eigenvalue weighted by molar-refractivity contribution is 0.408. The molecule has 0 aliphatic rings. The number of hydrogen-bond acceptors (Lipinski definition) is 4. The van der Waals surface area contributed by atoms with Gasteiger partial charge in [0.05, 0.1) is 23.7 Å². The van der Waals surface area contributed by atoms with E-state index in [-0.39, 0.29) is 11.7 Å². The number of benzene rings is 3. The van der Waals surface area contributed by atoms with Crippen LogP contribution in [0.1, 0.15) is 48.2 Å². The molecule has 7 heteroatoms. The van der Waals surface area contributed by atoms with E-state index in [0.29, 0.717) is 18.3 Å². The number of ether oxygens (including phenoxy) is 1. The summed E-state index contributed by atoms with van der Waals surface area (Å²) >= 11 is 0. The first-order valence-electron chi connectivity index (χ1n) is 11.8.